The largest absolute Gasteiger partial charge is 0.454 e. The molecule has 0 radical (unpaired) electrons. The summed E-state index contributed by atoms with van der Waals surface area (Å²) in [6, 6.07) is 14.0. The second kappa shape index (κ2) is 7.06. The summed E-state index contributed by atoms with van der Waals surface area (Å²) in [5.74, 6) is -0.177. The molecule has 122 valence electrons. The Morgan fingerprint density at radius 2 is 1.96 bits per heavy atom. The predicted molar refractivity (Wildman–Crippen MR) is 88.6 cm³/mol. The zero-order valence-electron chi connectivity index (χ0n) is 13.1. The average Bonchev–Trinajstić information content (AvgIpc) is 2.60. The minimum Gasteiger partial charge on any atom is -0.454 e. The molecule has 0 saturated carbocycles. The summed E-state index contributed by atoms with van der Waals surface area (Å²) >= 11 is 0. The van der Waals surface area contributed by atoms with Crippen molar-refractivity contribution in [3.8, 4) is 0 Å². The minimum absolute atomic E-state index is 0.104. The van der Waals surface area contributed by atoms with Crippen molar-refractivity contribution in [3.63, 3.8) is 0 Å². The summed E-state index contributed by atoms with van der Waals surface area (Å²) in [5.41, 5.74) is 1.61. The van der Waals surface area contributed by atoms with E-state index in [1.807, 2.05) is 6.07 Å². The van der Waals surface area contributed by atoms with Crippen LogP contribution in [0, 0.1) is 0 Å². The molecular weight excluding hydrogens is 308 g/mol. The van der Waals surface area contributed by atoms with E-state index in [1.165, 1.54) is 0 Å². The number of para-hydroxylation sites is 1. The second-order valence-electron chi connectivity index (χ2n) is 5.24. The number of aromatic nitrogens is 2. The lowest BCUT2D eigenvalue weighted by Gasteiger charge is -2.07. The fourth-order valence-corrected chi connectivity index (χ4v) is 2.38. The lowest BCUT2D eigenvalue weighted by molar-refractivity contribution is 0.0462. The van der Waals surface area contributed by atoms with Crippen LogP contribution in [0.2, 0.25) is 0 Å². The Bertz CT molecular complexity index is 933. The molecule has 1 heterocycles. The van der Waals surface area contributed by atoms with E-state index in [2.05, 4.69) is 9.97 Å². The van der Waals surface area contributed by atoms with Crippen molar-refractivity contribution >= 4 is 16.9 Å². The number of benzene rings is 2. The Morgan fingerprint density at radius 3 is 2.79 bits per heavy atom. The van der Waals surface area contributed by atoms with Crippen molar-refractivity contribution in [1.82, 2.24) is 9.97 Å². The Hall–Kier alpha value is -2.99. The number of rotatable bonds is 5. The van der Waals surface area contributed by atoms with Gasteiger partial charge in [0, 0.05) is 7.11 Å². The number of ether oxygens (including phenoxy) is 2. The van der Waals surface area contributed by atoms with E-state index in [-0.39, 0.29) is 12.2 Å². The van der Waals surface area contributed by atoms with Gasteiger partial charge in [0.1, 0.15) is 12.4 Å². The molecule has 3 rings (SSSR count). The van der Waals surface area contributed by atoms with E-state index in [4.69, 9.17) is 9.47 Å². The monoisotopic (exact) mass is 324 g/mol. The van der Waals surface area contributed by atoms with Crippen molar-refractivity contribution in [3.05, 3.63) is 75.8 Å². The molecule has 0 atom stereocenters. The van der Waals surface area contributed by atoms with Gasteiger partial charge in [-0.2, -0.15) is 0 Å². The Labute approximate surface area is 138 Å². The number of nitrogens with one attached hydrogen (secondary N) is 1. The fourth-order valence-electron chi connectivity index (χ4n) is 2.38. The Morgan fingerprint density at radius 1 is 1.12 bits per heavy atom. The molecule has 2 aromatic carbocycles. The molecule has 0 aliphatic rings. The maximum atomic E-state index is 12.1. The van der Waals surface area contributed by atoms with Crippen molar-refractivity contribution in [2.45, 2.75) is 13.2 Å². The molecule has 6 nitrogen and oxygen atoms in total. The van der Waals surface area contributed by atoms with E-state index in [0.717, 1.165) is 5.56 Å². The Kier molecular flexibility index (Phi) is 4.67. The number of H-pyrrole nitrogens is 1. The van der Waals surface area contributed by atoms with Crippen molar-refractivity contribution in [2.75, 3.05) is 7.11 Å². The summed E-state index contributed by atoms with van der Waals surface area (Å²) in [7, 11) is 1.59. The SMILES string of the molecule is COCc1cccc(C(=O)OCc2nc3ccccc3c(=O)[nH]2)c1. The quantitative estimate of drug-likeness (QED) is 0.729. The molecule has 0 spiro atoms. The van der Waals surface area contributed by atoms with Gasteiger partial charge in [0.15, 0.2) is 0 Å². The first-order valence-corrected chi connectivity index (χ1v) is 7.40. The smallest absolute Gasteiger partial charge is 0.338 e. The van der Waals surface area contributed by atoms with Crippen LogP contribution in [0.4, 0.5) is 0 Å². The normalized spacial score (nSPS) is 10.7. The molecule has 3 aromatic rings. The fraction of sp³-hybridized carbons (Fsp3) is 0.167. The van der Waals surface area contributed by atoms with Crippen LogP contribution < -0.4 is 5.56 Å². The third kappa shape index (κ3) is 3.49. The summed E-state index contributed by atoms with van der Waals surface area (Å²) in [5, 5.41) is 0.500. The maximum Gasteiger partial charge on any atom is 0.338 e. The molecule has 0 saturated heterocycles. The van der Waals surface area contributed by atoms with Gasteiger partial charge in [-0.3, -0.25) is 4.79 Å². The highest BCUT2D eigenvalue weighted by molar-refractivity contribution is 5.89. The molecule has 0 aliphatic carbocycles. The molecule has 0 aliphatic heterocycles. The van der Waals surface area contributed by atoms with Gasteiger partial charge in [-0.1, -0.05) is 24.3 Å². The number of aromatic amines is 1. The van der Waals surface area contributed by atoms with Crippen LogP contribution in [0.3, 0.4) is 0 Å². The molecule has 0 bridgehead atoms. The van der Waals surface area contributed by atoms with Gasteiger partial charge in [0.05, 0.1) is 23.1 Å². The molecule has 1 aromatic heterocycles. The standard InChI is InChI=1S/C18H16N2O4/c1-23-10-12-5-4-6-13(9-12)18(22)24-11-16-19-15-8-3-2-7-14(15)17(21)20-16/h2-9H,10-11H2,1H3,(H,19,20,21). The second-order valence-corrected chi connectivity index (χ2v) is 5.24. The van der Waals surface area contributed by atoms with E-state index in [1.54, 1.807) is 49.6 Å². The van der Waals surface area contributed by atoms with Crippen molar-refractivity contribution in [1.29, 1.82) is 0 Å². The van der Waals surface area contributed by atoms with Crippen molar-refractivity contribution < 1.29 is 14.3 Å². The van der Waals surface area contributed by atoms with Crippen LogP contribution in [0.15, 0.2) is 53.3 Å². The molecule has 0 amide bonds. The van der Waals surface area contributed by atoms with Gasteiger partial charge in [-0.25, -0.2) is 9.78 Å². The van der Waals surface area contributed by atoms with E-state index >= 15 is 0 Å². The highest BCUT2D eigenvalue weighted by Crippen LogP contribution is 2.10. The van der Waals surface area contributed by atoms with Gasteiger partial charge in [0.25, 0.3) is 5.56 Å². The Balaban J connectivity index is 1.74. The van der Waals surface area contributed by atoms with Gasteiger partial charge < -0.3 is 14.5 Å². The number of hydrogen-bond acceptors (Lipinski definition) is 5. The molecule has 0 unspecified atom stereocenters. The predicted octanol–water partition coefficient (Wildman–Crippen LogP) is 2.43. The lowest BCUT2D eigenvalue weighted by atomic mass is 10.1. The number of fused-ring (bicyclic) bond motifs is 1. The third-order valence-corrected chi connectivity index (χ3v) is 3.48. The van der Waals surface area contributed by atoms with E-state index in [9.17, 15) is 9.59 Å². The van der Waals surface area contributed by atoms with Crippen LogP contribution in [-0.2, 0) is 22.7 Å². The highest BCUT2D eigenvalue weighted by Gasteiger charge is 2.10. The zero-order valence-corrected chi connectivity index (χ0v) is 13.1. The molecular formula is C18H16N2O4. The van der Waals surface area contributed by atoms with Crippen molar-refractivity contribution in [2.24, 2.45) is 0 Å². The van der Waals surface area contributed by atoms with E-state index < -0.39 is 5.97 Å². The number of nitrogens with zero attached hydrogens (tertiary/aromatic N) is 1. The molecule has 6 heteroatoms. The molecule has 1 N–H and O–H groups in total. The zero-order chi connectivity index (χ0) is 16.9. The van der Waals surface area contributed by atoms with Crippen LogP contribution in [0.5, 0.6) is 0 Å². The van der Waals surface area contributed by atoms with Gasteiger partial charge in [0.2, 0.25) is 0 Å². The topological polar surface area (TPSA) is 81.3 Å². The average molecular weight is 324 g/mol. The van der Waals surface area contributed by atoms with Gasteiger partial charge >= 0.3 is 5.97 Å². The summed E-state index contributed by atoms with van der Waals surface area (Å²) in [4.78, 5) is 31.0. The maximum absolute atomic E-state index is 12.1. The first-order chi connectivity index (χ1) is 11.7. The summed E-state index contributed by atoms with van der Waals surface area (Å²) < 4.78 is 10.3. The highest BCUT2D eigenvalue weighted by atomic mass is 16.5. The van der Waals surface area contributed by atoms with Crippen LogP contribution >= 0.6 is 0 Å². The first kappa shape index (κ1) is 15.9. The third-order valence-electron chi connectivity index (χ3n) is 3.48. The van der Waals surface area contributed by atoms with Crippen LogP contribution in [0.1, 0.15) is 21.7 Å². The minimum atomic E-state index is -0.483. The number of methoxy groups -OCH3 is 1. The number of esters is 1. The van der Waals surface area contributed by atoms with Crippen LogP contribution in [0.25, 0.3) is 10.9 Å². The van der Waals surface area contributed by atoms with E-state index in [0.29, 0.717) is 28.9 Å². The number of hydrogen-bond donors (Lipinski definition) is 1. The van der Waals surface area contributed by atoms with Gasteiger partial charge in [-0.15, -0.1) is 0 Å². The van der Waals surface area contributed by atoms with Crippen LogP contribution in [-0.4, -0.2) is 23.0 Å². The number of carbonyl (C=O) groups is 1. The van der Waals surface area contributed by atoms with Gasteiger partial charge in [-0.05, 0) is 29.8 Å². The summed E-state index contributed by atoms with van der Waals surface area (Å²) in [6.07, 6.45) is 0. The molecule has 24 heavy (non-hydrogen) atoms. The lowest BCUT2D eigenvalue weighted by Crippen LogP contribution is -2.14. The number of carbonyl (C=O) groups excluding carboxylic acids is 1. The molecule has 0 fully saturated rings. The summed E-state index contributed by atoms with van der Waals surface area (Å²) in [6.45, 7) is 0.314. The first-order valence-electron chi connectivity index (χ1n) is 7.40.